The molecule has 4 heteroatoms. The molecule has 0 amide bonds. The van der Waals surface area contributed by atoms with Crippen molar-refractivity contribution in [2.45, 2.75) is 6.61 Å². The lowest BCUT2D eigenvalue weighted by atomic mass is 10.1. The molecule has 0 unspecified atom stereocenters. The van der Waals surface area contributed by atoms with E-state index in [1.54, 1.807) is 0 Å². The maximum atomic E-state index is 6.07. The summed E-state index contributed by atoms with van der Waals surface area (Å²) < 4.78 is 0. The zero-order valence-electron chi connectivity index (χ0n) is 9.97. The van der Waals surface area contributed by atoms with Crippen LogP contribution in [0.2, 0.25) is 0 Å². The molecule has 0 aliphatic rings. The average molecular weight is 241 g/mol. The second-order valence-electron chi connectivity index (χ2n) is 3.77. The quantitative estimate of drug-likeness (QED) is 0.480. The van der Waals surface area contributed by atoms with Crippen LogP contribution in [-0.4, -0.2) is 6.72 Å². The molecule has 0 saturated carbocycles. The number of nitrogens with zero attached hydrogens (tertiary/aromatic N) is 1. The van der Waals surface area contributed by atoms with E-state index < -0.39 is 0 Å². The Hall–Kier alpha value is -2.49. The number of anilines is 3. The molecule has 2 aromatic rings. The first kappa shape index (κ1) is 12.0. The standard InChI is InChI=1S/C14H15N3O/c1-16-18-10-11-6-5-9-13(14(11)15)17-12-7-3-2-4-8-12/h2-9,17H,1,10,15H2. The van der Waals surface area contributed by atoms with Gasteiger partial charge in [0.05, 0.1) is 11.4 Å². The zero-order valence-corrected chi connectivity index (χ0v) is 9.97. The van der Waals surface area contributed by atoms with Crippen molar-refractivity contribution in [3.63, 3.8) is 0 Å². The lowest BCUT2D eigenvalue weighted by Crippen LogP contribution is -2.01. The molecule has 0 aromatic heterocycles. The van der Waals surface area contributed by atoms with Crippen molar-refractivity contribution < 1.29 is 4.84 Å². The molecule has 0 spiro atoms. The van der Waals surface area contributed by atoms with E-state index in [2.05, 4.69) is 17.2 Å². The third kappa shape index (κ3) is 2.79. The fourth-order valence-corrected chi connectivity index (χ4v) is 1.64. The number of benzene rings is 2. The molecule has 0 aliphatic carbocycles. The van der Waals surface area contributed by atoms with Gasteiger partial charge in [0.25, 0.3) is 0 Å². The summed E-state index contributed by atoms with van der Waals surface area (Å²) in [6.07, 6.45) is 0. The van der Waals surface area contributed by atoms with E-state index in [4.69, 9.17) is 10.6 Å². The van der Waals surface area contributed by atoms with Crippen LogP contribution < -0.4 is 11.1 Å². The third-order valence-electron chi connectivity index (χ3n) is 2.56. The minimum absolute atomic E-state index is 0.319. The maximum absolute atomic E-state index is 6.07. The molecule has 0 atom stereocenters. The lowest BCUT2D eigenvalue weighted by Gasteiger charge is -2.12. The molecule has 0 saturated heterocycles. The number of nitrogen functional groups attached to an aromatic ring is 1. The highest BCUT2D eigenvalue weighted by molar-refractivity contribution is 5.75. The number of para-hydroxylation sites is 2. The normalized spacial score (nSPS) is 9.78. The highest BCUT2D eigenvalue weighted by atomic mass is 16.6. The van der Waals surface area contributed by atoms with Gasteiger partial charge in [0.1, 0.15) is 6.61 Å². The van der Waals surface area contributed by atoms with Crippen LogP contribution in [0.25, 0.3) is 0 Å². The van der Waals surface area contributed by atoms with Crippen molar-refractivity contribution in [2.24, 2.45) is 5.16 Å². The Morgan fingerprint density at radius 1 is 1.11 bits per heavy atom. The third-order valence-corrected chi connectivity index (χ3v) is 2.56. The highest BCUT2D eigenvalue weighted by Gasteiger charge is 2.05. The van der Waals surface area contributed by atoms with Gasteiger partial charge in [0.2, 0.25) is 0 Å². The maximum Gasteiger partial charge on any atom is 0.144 e. The fraction of sp³-hybridized carbons (Fsp3) is 0.0714. The molecule has 2 aromatic carbocycles. The Kier molecular flexibility index (Phi) is 3.81. The van der Waals surface area contributed by atoms with Gasteiger partial charge >= 0.3 is 0 Å². The average Bonchev–Trinajstić information content (AvgIpc) is 2.41. The molecule has 0 radical (unpaired) electrons. The van der Waals surface area contributed by atoms with Crippen molar-refractivity contribution in [1.29, 1.82) is 0 Å². The summed E-state index contributed by atoms with van der Waals surface area (Å²) in [5.41, 5.74) is 9.45. The Balaban J connectivity index is 2.20. The summed E-state index contributed by atoms with van der Waals surface area (Å²) in [7, 11) is 0. The number of hydrogen-bond donors (Lipinski definition) is 2. The molecular formula is C14H15N3O. The summed E-state index contributed by atoms with van der Waals surface area (Å²) in [5, 5.41) is 6.62. The van der Waals surface area contributed by atoms with E-state index >= 15 is 0 Å². The van der Waals surface area contributed by atoms with E-state index in [-0.39, 0.29) is 0 Å². The number of hydrogen-bond acceptors (Lipinski definition) is 4. The predicted molar refractivity (Wildman–Crippen MR) is 74.9 cm³/mol. The van der Waals surface area contributed by atoms with Gasteiger partial charge in [-0.1, -0.05) is 30.3 Å². The van der Waals surface area contributed by atoms with E-state index in [0.29, 0.717) is 12.3 Å². The number of oxime groups is 1. The van der Waals surface area contributed by atoms with Gasteiger partial charge in [-0.25, -0.2) is 0 Å². The monoisotopic (exact) mass is 241 g/mol. The van der Waals surface area contributed by atoms with Crippen LogP contribution in [0.5, 0.6) is 0 Å². The summed E-state index contributed by atoms with van der Waals surface area (Å²) in [5.74, 6) is 0. The zero-order chi connectivity index (χ0) is 12.8. The second kappa shape index (κ2) is 5.72. The van der Waals surface area contributed by atoms with Gasteiger partial charge in [-0.05, 0) is 18.2 Å². The van der Waals surface area contributed by atoms with Crippen LogP contribution in [-0.2, 0) is 11.4 Å². The molecule has 92 valence electrons. The molecule has 2 rings (SSSR count). The van der Waals surface area contributed by atoms with Crippen LogP contribution in [0.15, 0.2) is 53.7 Å². The van der Waals surface area contributed by atoms with Crippen molar-refractivity contribution in [3.8, 4) is 0 Å². The molecule has 3 N–H and O–H groups in total. The molecule has 0 heterocycles. The van der Waals surface area contributed by atoms with Gasteiger partial charge in [0, 0.05) is 18.0 Å². The SMILES string of the molecule is C=NOCc1cccc(Nc2ccccc2)c1N. The van der Waals surface area contributed by atoms with Gasteiger partial charge in [-0.2, -0.15) is 0 Å². The number of rotatable bonds is 5. The first-order valence-electron chi connectivity index (χ1n) is 5.58. The molecule has 0 bridgehead atoms. The predicted octanol–water partition coefficient (Wildman–Crippen LogP) is 3.14. The second-order valence-corrected chi connectivity index (χ2v) is 3.77. The van der Waals surface area contributed by atoms with Crippen molar-refractivity contribution in [3.05, 3.63) is 54.1 Å². The first-order valence-corrected chi connectivity index (χ1v) is 5.58. The van der Waals surface area contributed by atoms with Crippen LogP contribution in [0.4, 0.5) is 17.1 Å². The summed E-state index contributed by atoms with van der Waals surface area (Å²) >= 11 is 0. The molecule has 0 aliphatic heterocycles. The lowest BCUT2D eigenvalue weighted by molar-refractivity contribution is 0.133. The van der Waals surface area contributed by atoms with E-state index in [9.17, 15) is 0 Å². The number of nitrogens with two attached hydrogens (primary N) is 1. The van der Waals surface area contributed by atoms with E-state index in [1.807, 2.05) is 48.5 Å². The van der Waals surface area contributed by atoms with Gasteiger partial charge in [-0.3, -0.25) is 0 Å². The van der Waals surface area contributed by atoms with E-state index in [0.717, 1.165) is 16.9 Å². The van der Waals surface area contributed by atoms with Crippen LogP contribution in [0.1, 0.15) is 5.56 Å². The minimum atomic E-state index is 0.319. The molecule has 0 fully saturated rings. The Labute approximate surface area is 106 Å². The molecular weight excluding hydrogens is 226 g/mol. The smallest absolute Gasteiger partial charge is 0.144 e. The highest BCUT2D eigenvalue weighted by Crippen LogP contribution is 2.26. The Morgan fingerprint density at radius 2 is 1.89 bits per heavy atom. The molecule has 18 heavy (non-hydrogen) atoms. The summed E-state index contributed by atoms with van der Waals surface area (Å²) in [4.78, 5) is 4.91. The van der Waals surface area contributed by atoms with Crippen molar-refractivity contribution >= 4 is 23.8 Å². The van der Waals surface area contributed by atoms with Gasteiger partial charge in [-0.15, -0.1) is 5.16 Å². The summed E-state index contributed by atoms with van der Waals surface area (Å²) in [6, 6.07) is 15.6. The van der Waals surface area contributed by atoms with E-state index in [1.165, 1.54) is 0 Å². The van der Waals surface area contributed by atoms with Crippen molar-refractivity contribution in [2.75, 3.05) is 11.1 Å². The van der Waals surface area contributed by atoms with Crippen LogP contribution in [0.3, 0.4) is 0 Å². The number of nitrogens with one attached hydrogen (secondary N) is 1. The van der Waals surface area contributed by atoms with Crippen LogP contribution in [0, 0.1) is 0 Å². The van der Waals surface area contributed by atoms with Crippen molar-refractivity contribution in [1.82, 2.24) is 0 Å². The topological polar surface area (TPSA) is 59.6 Å². The van der Waals surface area contributed by atoms with Gasteiger partial charge < -0.3 is 15.9 Å². The minimum Gasteiger partial charge on any atom is -0.397 e. The fourth-order valence-electron chi connectivity index (χ4n) is 1.64. The largest absolute Gasteiger partial charge is 0.397 e. The van der Waals surface area contributed by atoms with Gasteiger partial charge in [0.15, 0.2) is 0 Å². The summed E-state index contributed by atoms with van der Waals surface area (Å²) in [6.45, 7) is 3.59. The Bertz CT molecular complexity index is 526. The van der Waals surface area contributed by atoms with Crippen LogP contribution >= 0.6 is 0 Å². The Morgan fingerprint density at radius 3 is 2.61 bits per heavy atom. The molecule has 4 nitrogen and oxygen atoms in total. The first-order chi connectivity index (χ1) is 8.81.